The Labute approximate surface area is 206 Å². The molecule has 176 valence electrons. The van der Waals surface area contributed by atoms with Crippen molar-refractivity contribution in [3.8, 4) is 16.9 Å². The summed E-state index contributed by atoms with van der Waals surface area (Å²) in [5.74, 6) is 1.78. The lowest BCUT2D eigenvalue weighted by Crippen LogP contribution is -2.03. The van der Waals surface area contributed by atoms with Crippen molar-refractivity contribution in [3.63, 3.8) is 0 Å². The van der Waals surface area contributed by atoms with Crippen LogP contribution in [0.5, 0.6) is 5.75 Å². The highest BCUT2D eigenvalue weighted by Gasteiger charge is 2.11. The molecule has 0 saturated carbocycles. The van der Waals surface area contributed by atoms with Crippen LogP contribution in [0.3, 0.4) is 0 Å². The van der Waals surface area contributed by atoms with E-state index < -0.39 is 0 Å². The van der Waals surface area contributed by atoms with E-state index in [1.165, 1.54) is 0 Å². The number of methoxy groups -OCH3 is 3. The van der Waals surface area contributed by atoms with Crippen molar-refractivity contribution in [2.45, 2.75) is 6.92 Å². The van der Waals surface area contributed by atoms with Gasteiger partial charge in [-0.15, -0.1) is 0 Å². The average Bonchev–Trinajstić information content (AvgIpc) is 2.92. The van der Waals surface area contributed by atoms with E-state index in [-0.39, 0.29) is 0 Å². The lowest BCUT2D eigenvalue weighted by molar-refractivity contribution is 0.402. The molecule has 4 aromatic rings. The van der Waals surface area contributed by atoms with Crippen LogP contribution in [0, 0.1) is 6.92 Å². The Morgan fingerprint density at radius 1 is 0.571 bits per heavy atom. The Bertz CT molecular complexity index is 1350. The molecule has 0 atom stereocenters. The van der Waals surface area contributed by atoms with Gasteiger partial charge in [-0.2, -0.15) is 0 Å². The maximum atomic E-state index is 5.66. The fraction of sp³-hybridized carbons (Fsp3) is 0.133. The summed E-state index contributed by atoms with van der Waals surface area (Å²) in [7, 11) is 4.90. The number of rotatable bonds is 6. The molecule has 0 unspecified atom stereocenters. The largest absolute Gasteiger partial charge is 0.494 e. The molecule has 0 bridgehead atoms. The van der Waals surface area contributed by atoms with Crippen LogP contribution in [0.25, 0.3) is 11.1 Å². The topological polar surface area (TPSA) is 52.4 Å². The smallest absolute Gasteiger partial charge is 0.221 e. The first-order valence-corrected chi connectivity index (χ1v) is 11.3. The Morgan fingerprint density at radius 2 is 1.06 bits per heavy atom. The van der Waals surface area contributed by atoms with Crippen molar-refractivity contribution in [1.29, 1.82) is 0 Å². The normalized spacial score (nSPS) is 11.8. The first-order valence-electron chi connectivity index (χ1n) is 11.3. The van der Waals surface area contributed by atoms with Gasteiger partial charge in [0.05, 0.1) is 27.0 Å². The molecule has 0 amide bonds. The Hall–Kier alpha value is -4.38. The zero-order chi connectivity index (χ0) is 24.6. The lowest BCUT2D eigenvalue weighted by atomic mass is 10.0. The number of nitrogens with zero attached hydrogens (tertiary/aromatic N) is 2. The fourth-order valence-corrected chi connectivity index (χ4v) is 3.75. The van der Waals surface area contributed by atoms with E-state index in [1.54, 1.807) is 21.3 Å². The van der Waals surface area contributed by atoms with E-state index in [0.717, 1.165) is 33.5 Å². The molecular formula is C30H28N2O3. The molecule has 0 aliphatic heterocycles. The van der Waals surface area contributed by atoms with Gasteiger partial charge < -0.3 is 14.2 Å². The molecule has 4 rings (SSSR count). The average molecular weight is 465 g/mol. The van der Waals surface area contributed by atoms with Gasteiger partial charge in [-0.05, 0) is 72.1 Å². The third-order valence-corrected chi connectivity index (χ3v) is 5.58. The summed E-state index contributed by atoms with van der Waals surface area (Å²) in [6.07, 6.45) is 0. The summed E-state index contributed by atoms with van der Waals surface area (Å²) in [4.78, 5) is 9.43. The first kappa shape index (κ1) is 23.8. The monoisotopic (exact) mass is 464 g/mol. The van der Waals surface area contributed by atoms with Gasteiger partial charge in [-0.3, -0.25) is 0 Å². The highest BCUT2D eigenvalue weighted by atomic mass is 16.5. The lowest BCUT2D eigenvalue weighted by Gasteiger charge is -2.12. The van der Waals surface area contributed by atoms with Crippen LogP contribution >= 0.6 is 0 Å². The second kappa shape index (κ2) is 11.2. The Balaban J connectivity index is 1.65. The number of benzene rings is 4. The molecule has 0 spiro atoms. The van der Waals surface area contributed by atoms with Crippen LogP contribution in [0.4, 0.5) is 11.4 Å². The summed E-state index contributed by atoms with van der Waals surface area (Å²) in [6, 6.07) is 31.8. The zero-order valence-electron chi connectivity index (χ0n) is 20.4. The standard InChI is InChI=1S/C30H28N2O3/c1-21-19-24(15-17-26(21)31-29(34-3)22-11-7-5-8-12-22)25-16-18-27(28(20-25)33-2)32-30(35-4)23-13-9-6-10-14-23/h5-20H,1-4H3. The third kappa shape index (κ3) is 5.58. The van der Waals surface area contributed by atoms with Crippen molar-refractivity contribution >= 4 is 23.2 Å². The van der Waals surface area contributed by atoms with Crippen LogP contribution in [0.15, 0.2) is 107 Å². The maximum absolute atomic E-state index is 5.66. The van der Waals surface area contributed by atoms with Crippen molar-refractivity contribution < 1.29 is 14.2 Å². The summed E-state index contributed by atoms with van der Waals surface area (Å²) >= 11 is 0. The van der Waals surface area contributed by atoms with Crippen molar-refractivity contribution in [2.24, 2.45) is 9.98 Å². The van der Waals surface area contributed by atoms with Crippen LogP contribution < -0.4 is 4.74 Å². The Kier molecular flexibility index (Phi) is 7.58. The molecule has 0 aromatic heterocycles. The number of hydrogen-bond donors (Lipinski definition) is 0. The molecule has 0 saturated heterocycles. The minimum atomic E-state index is 0.530. The van der Waals surface area contributed by atoms with Gasteiger partial charge in [-0.1, -0.05) is 48.5 Å². The summed E-state index contributed by atoms with van der Waals surface area (Å²) in [6.45, 7) is 2.04. The van der Waals surface area contributed by atoms with E-state index in [4.69, 9.17) is 24.2 Å². The first-order chi connectivity index (χ1) is 17.1. The second-order valence-corrected chi connectivity index (χ2v) is 7.86. The van der Waals surface area contributed by atoms with Crippen LogP contribution in [-0.4, -0.2) is 33.1 Å². The van der Waals surface area contributed by atoms with Gasteiger partial charge in [0.2, 0.25) is 11.8 Å². The molecule has 0 radical (unpaired) electrons. The number of aliphatic imine (C=N–C) groups is 2. The molecule has 0 heterocycles. The van der Waals surface area contributed by atoms with Crippen LogP contribution in [-0.2, 0) is 9.47 Å². The maximum Gasteiger partial charge on any atom is 0.221 e. The van der Waals surface area contributed by atoms with E-state index in [2.05, 4.69) is 6.07 Å². The molecular weight excluding hydrogens is 436 g/mol. The SMILES string of the molecule is COC(=Nc1ccc(-c2ccc(N=C(OC)c3ccccc3)c(OC)c2)cc1C)c1ccccc1. The molecule has 0 fully saturated rings. The molecule has 0 aliphatic carbocycles. The number of hydrogen-bond acceptors (Lipinski definition) is 5. The van der Waals surface area contributed by atoms with Gasteiger partial charge in [0.1, 0.15) is 11.4 Å². The third-order valence-electron chi connectivity index (χ3n) is 5.58. The Morgan fingerprint density at radius 3 is 1.54 bits per heavy atom. The van der Waals surface area contributed by atoms with Crippen molar-refractivity contribution in [1.82, 2.24) is 0 Å². The van der Waals surface area contributed by atoms with Gasteiger partial charge >= 0.3 is 0 Å². The highest BCUT2D eigenvalue weighted by Crippen LogP contribution is 2.35. The van der Waals surface area contributed by atoms with Crippen LogP contribution in [0.1, 0.15) is 16.7 Å². The van der Waals surface area contributed by atoms with Crippen molar-refractivity contribution in [3.05, 3.63) is 114 Å². The van der Waals surface area contributed by atoms with Gasteiger partial charge in [0, 0.05) is 11.1 Å². The van der Waals surface area contributed by atoms with E-state index in [9.17, 15) is 0 Å². The van der Waals surface area contributed by atoms with Crippen molar-refractivity contribution in [2.75, 3.05) is 21.3 Å². The summed E-state index contributed by atoms with van der Waals surface area (Å²) in [5, 5.41) is 0. The number of aryl methyl sites for hydroxylation is 1. The molecule has 5 heteroatoms. The molecule has 35 heavy (non-hydrogen) atoms. The summed E-state index contributed by atoms with van der Waals surface area (Å²) in [5.41, 5.74) is 6.51. The van der Waals surface area contributed by atoms with Gasteiger partial charge in [0.25, 0.3) is 0 Å². The quantitative estimate of drug-likeness (QED) is 0.225. The predicted octanol–water partition coefficient (Wildman–Crippen LogP) is 7.12. The second-order valence-electron chi connectivity index (χ2n) is 7.86. The zero-order valence-corrected chi connectivity index (χ0v) is 20.4. The molecule has 0 aliphatic rings. The highest BCUT2D eigenvalue weighted by molar-refractivity contribution is 5.97. The number of ether oxygens (including phenoxy) is 3. The van der Waals surface area contributed by atoms with Gasteiger partial charge in [-0.25, -0.2) is 9.98 Å². The van der Waals surface area contributed by atoms with E-state index in [1.807, 2.05) is 97.9 Å². The predicted molar refractivity (Wildman–Crippen MR) is 142 cm³/mol. The van der Waals surface area contributed by atoms with E-state index in [0.29, 0.717) is 23.2 Å². The van der Waals surface area contributed by atoms with E-state index >= 15 is 0 Å². The van der Waals surface area contributed by atoms with Crippen LogP contribution in [0.2, 0.25) is 0 Å². The summed E-state index contributed by atoms with van der Waals surface area (Å²) < 4.78 is 16.7. The molecule has 0 N–H and O–H groups in total. The fourth-order valence-electron chi connectivity index (χ4n) is 3.75. The molecule has 4 aromatic carbocycles. The minimum Gasteiger partial charge on any atom is -0.494 e. The minimum absolute atomic E-state index is 0.530. The molecule has 5 nitrogen and oxygen atoms in total. The van der Waals surface area contributed by atoms with Gasteiger partial charge in [0.15, 0.2) is 0 Å².